The highest BCUT2D eigenvalue weighted by Crippen LogP contribution is 2.33. The summed E-state index contributed by atoms with van der Waals surface area (Å²) in [6.07, 6.45) is 0.114. The Labute approximate surface area is 117 Å². The van der Waals surface area contributed by atoms with Gasteiger partial charge in [0.05, 0.1) is 11.7 Å². The Morgan fingerprint density at radius 1 is 1.25 bits per heavy atom. The molecule has 3 N–H and O–H groups in total. The van der Waals surface area contributed by atoms with Gasteiger partial charge in [0.15, 0.2) is 0 Å². The molecule has 0 aliphatic heterocycles. The first-order chi connectivity index (χ1) is 9.61. The van der Waals surface area contributed by atoms with Gasteiger partial charge in [-0.25, -0.2) is 4.79 Å². The van der Waals surface area contributed by atoms with E-state index < -0.39 is 12.1 Å². The van der Waals surface area contributed by atoms with Crippen molar-refractivity contribution in [1.82, 2.24) is 0 Å². The van der Waals surface area contributed by atoms with Crippen LogP contribution in [0, 0.1) is 35.5 Å². The van der Waals surface area contributed by atoms with Gasteiger partial charge in [-0.15, -0.1) is 0 Å². The summed E-state index contributed by atoms with van der Waals surface area (Å²) in [5, 5.41) is 27.1. The molecule has 1 aliphatic carbocycles. The number of carbonyl (C=O) groups is 1. The molecule has 0 amide bonds. The monoisotopic (exact) mass is 270 g/mol. The highest BCUT2D eigenvalue weighted by Gasteiger charge is 2.38. The molecular formula is C16H14O4. The lowest BCUT2D eigenvalue weighted by Crippen LogP contribution is -2.42. The van der Waals surface area contributed by atoms with Gasteiger partial charge in [-0.2, -0.15) is 0 Å². The maximum Gasteiger partial charge on any atom is 0.335 e. The molecule has 1 fully saturated rings. The lowest BCUT2D eigenvalue weighted by atomic mass is 9.72. The molecule has 20 heavy (non-hydrogen) atoms. The Kier molecular flexibility index (Phi) is 4.42. The number of carboxylic acids is 1. The van der Waals surface area contributed by atoms with E-state index in [1.807, 2.05) is 0 Å². The molecule has 0 heterocycles. The van der Waals surface area contributed by atoms with Crippen LogP contribution in [0.5, 0.6) is 0 Å². The average molecular weight is 270 g/mol. The van der Waals surface area contributed by atoms with Gasteiger partial charge in [0.1, 0.15) is 0 Å². The molecule has 102 valence electrons. The second-order valence-corrected chi connectivity index (χ2v) is 4.66. The Hall–Kier alpha value is -2.27. The molecule has 0 spiro atoms. The van der Waals surface area contributed by atoms with Crippen LogP contribution in [0.2, 0.25) is 0 Å². The lowest BCUT2D eigenvalue weighted by Gasteiger charge is -2.37. The van der Waals surface area contributed by atoms with E-state index in [0.29, 0.717) is 12.0 Å². The molecule has 4 heteroatoms. The van der Waals surface area contributed by atoms with Crippen molar-refractivity contribution in [1.29, 1.82) is 0 Å². The van der Waals surface area contributed by atoms with Crippen molar-refractivity contribution in [3.8, 4) is 23.7 Å². The molecule has 1 aliphatic rings. The highest BCUT2D eigenvalue weighted by atomic mass is 16.4. The summed E-state index contributed by atoms with van der Waals surface area (Å²) in [5.74, 6) is 9.99. The van der Waals surface area contributed by atoms with Gasteiger partial charge in [-0.1, -0.05) is 11.8 Å². The molecule has 3 atom stereocenters. The highest BCUT2D eigenvalue weighted by molar-refractivity contribution is 5.87. The van der Waals surface area contributed by atoms with E-state index in [2.05, 4.69) is 23.7 Å². The predicted octanol–water partition coefficient (Wildman–Crippen LogP) is 0.729. The zero-order valence-electron chi connectivity index (χ0n) is 10.7. The van der Waals surface area contributed by atoms with Gasteiger partial charge in [-0.05, 0) is 42.5 Å². The van der Waals surface area contributed by atoms with E-state index in [0.717, 1.165) is 0 Å². The summed E-state index contributed by atoms with van der Waals surface area (Å²) in [4.78, 5) is 10.7. The maximum atomic E-state index is 10.7. The second kappa shape index (κ2) is 6.25. The van der Waals surface area contributed by atoms with Crippen molar-refractivity contribution in [3.63, 3.8) is 0 Å². The van der Waals surface area contributed by atoms with Crippen LogP contribution in [0.15, 0.2) is 24.3 Å². The molecule has 4 nitrogen and oxygen atoms in total. The third-order valence-corrected chi connectivity index (χ3v) is 3.38. The number of hydrogen-bond acceptors (Lipinski definition) is 3. The van der Waals surface area contributed by atoms with Gasteiger partial charge < -0.3 is 15.3 Å². The van der Waals surface area contributed by atoms with Gasteiger partial charge in [0.2, 0.25) is 0 Å². The van der Waals surface area contributed by atoms with Crippen LogP contribution < -0.4 is 0 Å². The third-order valence-electron chi connectivity index (χ3n) is 3.38. The summed E-state index contributed by atoms with van der Waals surface area (Å²) in [7, 11) is 0. The largest absolute Gasteiger partial charge is 0.478 e. The van der Waals surface area contributed by atoms with Crippen molar-refractivity contribution < 1.29 is 20.1 Å². The van der Waals surface area contributed by atoms with Crippen LogP contribution in [-0.2, 0) is 0 Å². The van der Waals surface area contributed by atoms with E-state index >= 15 is 0 Å². The first kappa shape index (κ1) is 14.1. The van der Waals surface area contributed by atoms with Crippen molar-refractivity contribution in [2.24, 2.45) is 11.8 Å². The Balaban J connectivity index is 1.97. The van der Waals surface area contributed by atoms with Crippen LogP contribution in [0.3, 0.4) is 0 Å². The molecule has 0 aromatic heterocycles. The molecule has 0 saturated heterocycles. The summed E-state index contributed by atoms with van der Waals surface area (Å²) in [5.41, 5.74) is 0.910. The SMILES string of the molecule is O=C(O)c1ccc(C#CC#C[C@H]2CC(O)[C@H]2CO)cc1. The van der Waals surface area contributed by atoms with E-state index in [-0.39, 0.29) is 24.0 Å². The Morgan fingerprint density at radius 3 is 2.50 bits per heavy atom. The van der Waals surface area contributed by atoms with Crippen molar-refractivity contribution >= 4 is 5.97 Å². The fourth-order valence-electron chi connectivity index (χ4n) is 2.03. The predicted molar refractivity (Wildman–Crippen MR) is 72.7 cm³/mol. The average Bonchev–Trinajstić information content (AvgIpc) is 2.43. The number of aliphatic hydroxyl groups excluding tert-OH is 2. The molecule has 1 aromatic carbocycles. The number of benzene rings is 1. The number of rotatable bonds is 2. The first-order valence-corrected chi connectivity index (χ1v) is 6.25. The summed E-state index contributed by atoms with van der Waals surface area (Å²) in [6.45, 7) is -0.0649. The molecule has 1 unspecified atom stereocenters. The number of aromatic carboxylic acids is 1. The quantitative estimate of drug-likeness (QED) is 0.692. The first-order valence-electron chi connectivity index (χ1n) is 6.25. The van der Waals surface area contributed by atoms with E-state index in [1.165, 1.54) is 12.1 Å². The lowest BCUT2D eigenvalue weighted by molar-refractivity contribution is -0.0372. The fourth-order valence-corrected chi connectivity index (χ4v) is 2.03. The standard InChI is InChI=1S/C16H14O4/c17-10-14-13(9-15(14)18)4-2-1-3-11-5-7-12(8-6-11)16(19)20/h5-8,13-15,17-18H,9-10H2,(H,19,20)/t13-,14-,15?/m0/s1. The van der Waals surface area contributed by atoms with E-state index in [4.69, 9.17) is 10.2 Å². The molecule has 0 radical (unpaired) electrons. The summed E-state index contributed by atoms with van der Waals surface area (Å²) >= 11 is 0. The van der Waals surface area contributed by atoms with Gasteiger partial charge in [0, 0.05) is 24.0 Å². The van der Waals surface area contributed by atoms with Gasteiger partial charge in [-0.3, -0.25) is 0 Å². The molecule has 2 rings (SSSR count). The van der Waals surface area contributed by atoms with Crippen molar-refractivity contribution in [2.75, 3.05) is 6.61 Å². The smallest absolute Gasteiger partial charge is 0.335 e. The fraction of sp³-hybridized carbons (Fsp3) is 0.312. The molecule has 1 aromatic rings. The zero-order chi connectivity index (χ0) is 14.5. The van der Waals surface area contributed by atoms with E-state index in [9.17, 15) is 9.90 Å². The minimum absolute atomic E-state index is 0.00122. The van der Waals surface area contributed by atoms with E-state index in [1.54, 1.807) is 12.1 Å². The minimum atomic E-state index is -0.970. The molecular weight excluding hydrogens is 256 g/mol. The number of carboxylic acid groups (broad SMARTS) is 1. The van der Waals surface area contributed by atoms with Crippen molar-refractivity contribution in [2.45, 2.75) is 12.5 Å². The number of hydrogen-bond donors (Lipinski definition) is 3. The van der Waals surface area contributed by atoms with Gasteiger partial charge in [0.25, 0.3) is 0 Å². The zero-order valence-corrected chi connectivity index (χ0v) is 10.7. The summed E-state index contributed by atoms with van der Waals surface area (Å²) in [6, 6.07) is 6.23. The summed E-state index contributed by atoms with van der Waals surface area (Å²) < 4.78 is 0. The number of aliphatic hydroxyl groups is 2. The topological polar surface area (TPSA) is 77.8 Å². The van der Waals surface area contributed by atoms with Crippen LogP contribution in [0.4, 0.5) is 0 Å². The molecule has 1 saturated carbocycles. The third kappa shape index (κ3) is 3.19. The van der Waals surface area contributed by atoms with Crippen LogP contribution in [-0.4, -0.2) is 34.0 Å². The second-order valence-electron chi connectivity index (χ2n) is 4.66. The van der Waals surface area contributed by atoms with Crippen LogP contribution in [0.1, 0.15) is 22.3 Å². The van der Waals surface area contributed by atoms with Gasteiger partial charge >= 0.3 is 5.97 Å². The maximum absolute atomic E-state index is 10.7. The van der Waals surface area contributed by atoms with Crippen LogP contribution >= 0.6 is 0 Å². The van der Waals surface area contributed by atoms with Crippen molar-refractivity contribution in [3.05, 3.63) is 35.4 Å². The Bertz CT molecular complexity index is 610. The normalized spacial score (nSPS) is 23.6. The van der Waals surface area contributed by atoms with Crippen LogP contribution in [0.25, 0.3) is 0 Å². The minimum Gasteiger partial charge on any atom is -0.478 e. The Morgan fingerprint density at radius 2 is 1.95 bits per heavy atom. The molecule has 0 bridgehead atoms.